The lowest BCUT2D eigenvalue weighted by Gasteiger charge is -2.15. The Balaban J connectivity index is 2.61. The van der Waals surface area contributed by atoms with E-state index in [4.69, 9.17) is 0 Å². The fraction of sp³-hybridized carbons (Fsp3) is 0.667. The molecule has 15 heavy (non-hydrogen) atoms. The largest absolute Gasteiger partial charge is 0.310 e. The van der Waals surface area contributed by atoms with E-state index in [2.05, 4.69) is 29.1 Å². The van der Waals surface area contributed by atoms with Crippen LogP contribution in [0.3, 0.4) is 0 Å². The van der Waals surface area contributed by atoms with Gasteiger partial charge in [-0.15, -0.1) is 0 Å². The first-order valence-electron chi connectivity index (χ1n) is 5.59. The molecule has 3 heteroatoms. The van der Waals surface area contributed by atoms with Crippen molar-refractivity contribution in [3.8, 4) is 0 Å². The highest BCUT2D eigenvalue weighted by molar-refractivity contribution is 5.04. The molecule has 0 saturated heterocycles. The van der Waals surface area contributed by atoms with Gasteiger partial charge in [-0.2, -0.15) is 0 Å². The molecule has 1 rings (SSSR count). The highest BCUT2D eigenvalue weighted by Crippen LogP contribution is 2.17. The molecule has 0 aliphatic carbocycles. The van der Waals surface area contributed by atoms with Gasteiger partial charge in [-0.25, -0.2) is 9.97 Å². The Bertz CT molecular complexity index is 279. The van der Waals surface area contributed by atoms with Crippen molar-refractivity contribution in [1.82, 2.24) is 15.3 Å². The summed E-state index contributed by atoms with van der Waals surface area (Å²) in [6.45, 7) is 6.48. The molecular formula is C12H21N3. The fourth-order valence-electron chi connectivity index (χ4n) is 1.49. The first kappa shape index (κ1) is 12.1. The minimum absolute atomic E-state index is 0.285. The molecule has 1 N–H and O–H groups in total. The Morgan fingerprint density at radius 2 is 1.80 bits per heavy atom. The molecule has 0 bridgehead atoms. The minimum Gasteiger partial charge on any atom is -0.310 e. The van der Waals surface area contributed by atoms with Gasteiger partial charge < -0.3 is 5.32 Å². The van der Waals surface area contributed by atoms with Gasteiger partial charge in [0.2, 0.25) is 0 Å². The predicted octanol–water partition coefficient (Wildman–Crippen LogP) is 2.48. The van der Waals surface area contributed by atoms with E-state index in [1.165, 1.54) is 6.42 Å². The summed E-state index contributed by atoms with van der Waals surface area (Å²) in [5.74, 6) is 1.63. The van der Waals surface area contributed by atoms with Gasteiger partial charge in [0.1, 0.15) is 5.82 Å². The van der Waals surface area contributed by atoms with E-state index < -0.39 is 0 Å². The summed E-state index contributed by atoms with van der Waals surface area (Å²) in [4.78, 5) is 8.71. The van der Waals surface area contributed by atoms with Crippen molar-refractivity contribution in [2.24, 2.45) is 5.92 Å². The zero-order chi connectivity index (χ0) is 11.3. The predicted molar refractivity (Wildman–Crippen MR) is 62.6 cm³/mol. The molecule has 0 aliphatic heterocycles. The van der Waals surface area contributed by atoms with E-state index >= 15 is 0 Å². The highest BCUT2D eigenvalue weighted by Gasteiger charge is 2.12. The van der Waals surface area contributed by atoms with Crippen LogP contribution in [0.5, 0.6) is 0 Å². The van der Waals surface area contributed by atoms with E-state index in [1.807, 2.05) is 26.4 Å². The number of rotatable bonds is 5. The zero-order valence-corrected chi connectivity index (χ0v) is 10.1. The van der Waals surface area contributed by atoms with Gasteiger partial charge in [0.15, 0.2) is 0 Å². The van der Waals surface area contributed by atoms with Crippen LogP contribution in [0.25, 0.3) is 0 Å². The second-order valence-corrected chi connectivity index (χ2v) is 4.43. The Morgan fingerprint density at radius 3 is 2.27 bits per heavy atom. The molecule has 0 radical (unpaired) electrons. The maximum Gasteiger partial charge on any atom is 0.145 e. The number of nitrogens with one attached hydrogen (secondary N) is 1. The van der Waals surface area contributed by atoms with Crippen LogP contribution in [0.15, 0.2) is 12.4 Å². The number of aromatic nitrogens is 2. The van der Waals surface area contributed by atoms with Gasteiger partial charge in [-0.05, 0) is 38.3 Å². The third-order valence-electron chi connectivity index (χ3n) is 2.49. The number of nitrogens with zero attached hydrogens (tertiary/aromatic N) is 2. The third-order valence-corrected chi connectivity index (χ3v) is 2.49. The topological polar surface area (TPSA) is 37.8 Å². The van der Waals surface area contributed by atoms with Crippen LogP contribution in [0.1, 0.15) is 44.1 Å². The molecule has 1 aromatic rings. The van der Waals surface area contributed by atoms with Crippen molar-refractivity contribution < 1.29 is 0 Å². The molecule has 0 aromatic carbocycles. The van der Waals surface area contributed by atoms with Gasteiger partial charge in [-0.1, -0.05) is 13.8 Å². The Kier molecular flexibility index (Phi) is 4.69. The first-order valence-corrected chi connectivity index (χ1v) is 5.59. The molecule has 0 spiro atoms. The van der Waals surface area contributed by atoms with Crippen molar-refractivity contribution in [2.45, 2.75) is 39.7 Å². The highest BCUT2D eigenvalue weighted by atomic mass is 15.0. The normalized spacial score (nSPS) is 13.1. The molecule has 0 aliphatic rings. The van der Waals surface area contributed by atoms with Gasteiger partial charge in [0.25, 0.3) is 0 Å². The maximum atomic E-state index is 4.35. The minimum atomic E-state index is 0.285. The summed E-state index contributed by atoms with van der Waals surface area (Å²) in [5.41, 5.74) is 1.11. The van der Waals surface area contributed by atoms with Crippen molar-refractivity contribution in [2.75, 3.05) is 7.05 Å². The summed E-state index contributed by atoms with van der Waals surface area (Å²) in [6, 6.07) is 0.285. The van der Waals surface area contributed by atoms with E-state index in [0.717, 1.165) is 23.7 Å². The van der Waals surface area contributed by atoms with Gasteiger partial charge >= 0.3 is 0 Å². The van der Waals surface area contributed by atoms with Crippen LogP contribution in [0, 0.1) is 12.8 Å². The van der Waals surface area contributed by atoms with Crippen LogP contribution in [0.4, 0.5) is 0 Å². The fourth-order valence-corrected chi connectivity index (χ4v) is 1.49. The lowest BCUT2D eigenvalue weighted by Crippen LogP contribution is -2.19. The number of hydrogen-bond acceptors (Lipinski definition) is 3. The lowest BCUT2D eigenvalue weighted by atomic mass is 10.0. The molecule has 1 aromatic heterocycles. The van der Waals surface area contributed by atoms with Crippen LogP contribution < -0.4 is 5.32 Å². The summed E-state index contributed by atoms with van der Waals surface area (Å²) in [5, 5.41) is 3.27. The lowest BCUT2D eigenvalue weighted by molar-refractivity contribution is 0.449. The second-order valence-electron chi connectivity index (χ2n) is 4.43. The SMILES string of the molecule is CNC(CCC(C)C)c1ncc(C)cn1. The summed E-state index contributed by atoms with van der Waals surface area (Å²) in [6.07, 6.45) is 6.05. The summed E-state index contributed by atoms with van der Waals surface area (Å²) < 4.78 is 0. The number of hydrogen-bond donors (Lipinski definition) is 1. The molecule has 3 nitrogen and oxygen atoms in total. The van der Waals surface area contributed by atoms with Crippen LogP contribution in [0.2, 0.25) is 0 Å². The van der Waals surface area contributed by atoms with Crippen molar-refractivity contribution in [3.05, 3.63) is 23.8 Å². The molecule has 1 atom stereocenters. The molecule has 0 fully saturated rings. The van der Waals surface area contributed by atoms with Crippen molar-refractivity contribution >= 4 is 0 Å². The van der Waals surface area contributed by atoms with Crippen LogP contribution >= 0.6 is 0 Å². The van der Waals surface area contributed by atoms with Crippen LogP contribution in [-0.2, 0) is 0 Å². The number of aryl methyl sites for hydroxylation is 1. The quantitative estimate of drug-likeness (QED) is 0.806. The monoisotopic (exact) mass is 207 g/mol. The third kappa shape index (κ3) is 3.96. The molecule has 1 unspecified atom stereocenters. The molecule has 0 saturated carbocycles. The Labute approximate surface area is 92.3 Å². The van der Waals surface area contributed by atoms with Gasteiger partial charge in [0, 0.05) is 12.4 Å². The van der Waals surface area contributed by atoms with Crippen molar-refractivity contribution in [3.63, 3.8) is 0 Å². The summed E-state index contributed by atoms with van der Waals surface area (Å²) >= 11 is 0. The molecule has 0 amide bonds. The molecule has 84 valence electrons. The Morgan fingerprint density at radius 1 is 1.20 bits per heavy atom. The molecule has 1 heterocycles. The Hall–Kier alpha value is -0.960. The van der Waals surface area contributed by atoms with E-state index in [0.29, 0.717) is 0 Å². The van der Waals surface area contributed by atoms with E-state index in [-0.39, 0.29) is 6.04 Å². The van der Waals surface area contributed by atoms with Gasteiger partial charge in [-0.3, -0.25) is 0 Å². The van der Waals surface area contributed by atoms with Gasteiger partial charge in [0.05, 0.1) is 6.04 Å². The van der Waals surface area contributed by atoms with Crippen molar-refractivity contribution in [1.29, 1.82) is 0 Å². The summed E-state index contributed by atoms with van der Waals surface area (Å²) in [7, 11) is 1.97. The van der Waals surface area contributed by atoms with E-state index in [1.54, 1.807) is 0 Å². The average molecular weight is 207 g/mol. The maximum absolute atomic E-state index is 4.35. The second kappa shape index (κ2) is 5.81. The zero-order valence-electron chi connectivity index (χ0n) is 10.1. The van der Waals surface area contributed by atoms with E-state index in [9.17, 15) is 0 Å². The standard InChI is InChI=1S/C12H21N3/c1-9(2)5-6-11(13-4)12-14-7-10(3)8-15-12/h7-9,11,13H,5-6H2,1-4H3. The average Bonchev–Trinajstić information content (AvgIpc) is 2.21. The first-order chi connectivity index (χ1) is 7.13. The smallest absolute Gasteiger partial charge is 0.145 e. The van der Waals surface area contributed by atoms with Crippen LogP contribution in [-0.4, -0.2) is 17.0 Å². The molecular weight excluding hydrogens is 186 g/mol.